The second kappa shape index (κ2) is 7.04. The monoisotopic (exact) mass is 275 g/mol. The normalized spacial score (nSPS) is 10.9. The number of anilines is 2. The molecule has 0 aliphatic rings. The van der Waals surface area contributed by atoms with E-state index in [0.717, 1.165) is 30.7 Å². The van der Waals surface area contributed by atoms with Gasteiger partial charge in [0.1, 0.15) is 5.75 Å². The Morgan fingerprint density at radius 2 is 2.00 bits per heavy atom. The van der Waals surface area contributed by atoms with Crippen LogP contribution in [0.25, 0.3) is 0 Å². The molecule has 1 rings (SSSR count). The molecule has 0 aliphatic heterocycles. The molecule has 0 atom stereocenters. The first-order valence-corrected chi connectivity index (χ1v) is 6.96. The quantitative estimate of drug-likeness (QED) is 0.611. The highest BCUT2D eigenvalue weighted by Crippen LogP contribution is 2.27. The van der Waals surface area contributed by atoms with Crippen LogP contribution in [0.4, 0.5) is 11.4 Å². The van der Waals surface area contributed by atoms with Crippen LogP contribution in [-0.2, 0) is 0 Å². The van der Waals surface area contributed by atoms with Crippen LogP contribution >= 0.6 is 0 Å². The van der Waals surface area contributed by atoms with Crippen molar-refractivity contribution in [3.63, 3.8) is 0 Å². The number of hydrogen-bond acceptors (Lipinski definition) is 4. The van der Waals surface area contributed by atoms with Gasteiger partial charge in [-0.25, -0.2) is 0 Å². The van der Waals surface area contributed by atoms with E-state index in [1.807, 2.05) is 51.0 Å². The van der Waals surface area contributed by atoms with Crippen molar-refractivity contribution in [1.29, 1.82) is 5.26 Å². The van der Waals surface area contributed by atoms with Gasteiger partial charge in [-0.05, 0) is 45.2 Å². The van der Waals surface area contributed by atoms with Crippen LogP contribution in [0.15, 0.2) is 18.2 Å². The number of benzene rings is 1. The molecule has 0 saturated carbocycles. The van der Waals surface area contributed by atoms with E-state index in [2.05, 4.69) is 6.07 Å². The van der Waals surface area contributed by atoms with Crippen LogP contribution in [0.2, 0.25) is 0 Å². The number of hydrogen-bond donors (Lipinski definition) is 1. The first kappa shape index (κ1) is 16.2. The maximum Gasteiger partial charge on any atom is 0.144 e. The van der Waals surface area contributed by atoms with Crippen molar-refractivity contribution in [1.82, 2.24) is 0 Å². The molecule has 20 heavy (non-hydrogen) atoms. The number of unbranched alkanes of at least 4 members (excludes halogenated alkanes) is 1. The minimum absolute atomic E-state index is 0.246. The molecule has 0 heterocycles. The molecule has 0 saturated heterocycles. The minimum Gasteiger partial charge on any atom is -0.491 e. The highest BCUT2D eigenvalue weighted by atomic mass is 16.5. The van der Waals surface area contributed by atoms with Gasteiger partial charge in [-0.1, -0.05) is 0 Å². The maximum atomic E-state index is 8.95. The molecule has 1 aromatic rings. The minimum atomic E-state index is -0.246. The zero-order valence-electron chi connectivity index (χ0n) is 12.9. The van der Waals surface area contributed by atoms with Gasteiger partial charge in [0.15, 0.2) is 0 Å². The molecule has 110 valence electrons. The van der Waals surface area contributed by atoms with Crippen LogP contribution in [0.1, 0.15) is 33.1 Å². The van der Waals surface area contributed by atoms with Gasteiger partial charge in [0.25, 0.3) is 0 Å². The van der Waals surface area contributed by atoms with E-state index < -0.39 is 0 Å². The third-order valence-electron chi connectivity index (χ3n) is 3.27. The van der Waals surface area contributed by atoms with Gasteiger partial charge in [-0.15, -0.1) is 0 Å². The Morgan fingerprint density at radius 3 is 2.60 bits per heavy atom. The van der Waals surface area contributed by atoms with E-state index in [-0.39, 0.29) is 5.41 Å². The summed E-state index contributed by atoms with van der Waals surface area (Å²) < 4.78 is 5.74. The second-order valence-corrected chi connectivity index (χ2v) is 5.92. The third kappa shape index (κ3) is 5.00. The van der Waals surface area contributed by atoms with Crippen LogP contribution < -0.4 is 15.4 Å². The number of rotatable bonds is 7. The van der Waals surface area contributed by atoms with Crippen molar-refractivity contribution in [3.8, 4) is 11.8 Å². The fourth-order valence-corrected chi connectivity index (χ4v) is 1.83. The molecule has 4 heteroatoms. The highest BCUT2D eigenvalue weighted by molar-refractivity contribution is 5.61. The molecule has 0 fully saturated rings. The van der Waals surface area contributed by atoms with Crippen molar-refractivity contribution < 1.29 is 4.74 Å². The molecule has 0 amide bonds. The van der Waals surface area contributed by atoms with Crippen LogP contribution in [0.3, 0.4) is 0 Å². The number of nitriles is 1. The molecule has 0 aromatic heterocycles. The number of nitrogens with zero attached hydrogens (tertiary/aromatic N) is 2. The Morgan fingerprint density at radius 1 is 1.30 bits per heavy atom. The van der Waals surface area contributed by atoms with Gasteiger partial charge >= 0.3 is 0 Å². The lowest BCUT2D eigenvalue weighted by atomic mass is 9.89. The van der Waals surface area contributed by atoms with Gasteiger partial charge in [0.05, 0.1) is 23.8 Å². The van der Waals surface area contributed by atoms with Gasteiger partial charge < -0.3 is 15.4 Å². The molecule has 0 spiro atoms. The number of nitrogens with two attached hydrogens (primary N) is 1. The summed E-state index contributed by atoms with van der Waals surface area (Å²) in [6, 6.07) is 8.10. The standard InChI is InChI=1S/C16H25N3O/c1-16(2,12-17)9-5-6-10-20-15-11-13(19(3)4)7-8-14(15)18/h7-8,11H,5-6,9-10,18H2,1-4H3. The van der Waals surface area contributed by atoms with Crippen LogP contribution in [0, 0.1) is 16.7 Å². The molecule has 1 aromatic carbocycles. The van der Waals surface area contributed by atoms with E-state index in [1.54, 1.807) is 0 Å². The van der Waals surface area contributed by atoms with Crippen LogP contribution in [-0.4, -0.2) is 20.7 Å². The topological polar surface area (TPSA) is 62.3 Å². The maximum absolute atomic E-state index is 8.95. The molecule has 0 aliphatic carbocycles. The Hall–Kier alpha value is -1.89. The van der Waals surface area contributed by atoms with Crippen molar-refractivity contribution in [2.75, 3.05) is 31.3 Å². The lowest BCUT2D eigenvalue weighted by Gasteiger charge is -2.17. The summed E-state index contributed by atoms with van der Waals surface area (Å²) in [6.07, 6.45) is 2.80. The van der Waals surface area contributed by atoms with E-state index in [4.69, 9.17) is 15.7 Å². The zero-order valence-corrected chi connectivity index (χ0v) is 12.9. The predicted molar refractivity (Wildman–Crippen MR) is 83.9 cm³/mol. The molecular weight excluding hydrogens is 250 g/mol. The first-order chi connectivity index (χ1) is 9.35. The molecule has 0 bridgehead atoms. The zero-order chi connectivity index (χ0) is 15.2. The largest absolute Gasteiger partial charge is 0.491 e. The average molecular weight is 275 g/mol. The Bertz CT molecular complexity index is 475. The first-order valence-electron chi connectivity index (χ1n) is 6.96. The van der Waals surface area contributed by atoms with Crippen molar-refractivity contribution in [2.24, 2.45) is 5.41 Å². The Kier molecular flexibility index (Phi) is 5.69. The summed E-state index contributed by atoms with van der Waals surface area (Å²) in [7, 11) is 3.97. The SMILES string of the molecule is CN(C)c1ccc(N)c(OCCCCC(C)(C)C#N)c1. The molecule has 2 N–H and O–H groups in total. The third-order valence-corrected chi connectivity index (χ3v) is 3.27. The van der Waals surface area contributed by atoms with Crippen molar-refractivity contribution in [2.45, 2.75) is 33.1 Å². The van der Waals surface area contributed by atoms with Crippen molar-refractivity contribution in [3.05, 3.63) is 18.2 Å². The number of nitrogen functional groups attached to an aromatic ring is 1. The highest BCUT2D eigenvalue weighted by Gasteiger charge is 2.15. The molecule has 4 nitrogen and oxygen atoms in total. The van der Waals surface area contributed by atoms with E-state index in [9.17, 15) is 0 Å². The van der Waals surface area contributed by atoms with E-state index >= 15 is 0 Å². The lowest BCUT2D eigenvalue weighted by Crippen LogP contribution is -2.10. The lowest BCUT2D eigenvalue weighted by molar-refractivity contribution is 0.296. The number of ether oxygens (including phenoxy) is 1. The molecule has 0 unspecified atom stereocenters. The summed E-state index contributed by atoms with van der Waals surface area (Å²) in [4.78, 5) is 2.02. The molecular formula is C16H25N3O. The summed E-state index contributed by atoms with van der Waals surface area (Å²) in [5, 5.41) is 8.95. The fourth-order valence-electron chi connectivity index (χ4n) is 1.83. The molecule has 0 radical (unpaired) electrons. The summed E-state index contributed by atoms with van der Waals surface area (Å²) in [5.41, 5.74) is 7.39. The van der Waals surface area contributed by atoms with Gasteiger partial charge in [0.2, 0.25) is 0 Å². The second-order valence-electron chi connectivity index (χ2n) is 5.92. The predicted octanol–water partition coefficient (Wildman–Crippen LogP) is 3.43. The smallest absolute Gasteiger partial charge is 0.144 e. The fraction of sp³-hybridized carbons (Fsp3) is 0.562. The van der Waals surface area contributed by atoms with Gasteiger partial charge in [-0.3, -0.25) is 0 Å². The summed E-state index contributed by atoms with van der Waals surface area (Å²) >= 11 is 0. The van der Waals surface area contributed by atoms with Crippen molar-refractivity contribution >= 4 is 11.4 Å². The van der Waals surface area contributed by atoms with Gasteiger partial charge in [0, 0.05) is 25.8 Å². The van der Waals surface area contributed by atoms with E-state index in [1.165, 1.54) is 0 Å². The Balaban J connectivity index is 2.43. The summed E-state index contributed by atoms with van der Waals surface area (Å²) in [6.45, 7) is 4.56. The average Bonchev–Trinajstić information content (AvgIpc) is 2.40. The Labute approximate surface area is 122 Å². The van der Waals surface area contributed by atoms with E-state index in [0.29, 0.717) is 12.3 Å². The summed E-state index contributed by atoms with van der Waals surface area (Å²) in [5.74, 6) is 0.732. The van der Waals surface area contributed by atoms with Gasteiger partial charge in [-0.2, -0.15) is 5.26 Å². The van der Waals surface area contributed by atoms with Crippen LogP contribution in [0.5, 0.6) is 5.75 Å².